The summed E-state index contributed by atoms with van der Waals surface area (Å²) in [6.45, 7) is 1.58. The zero-order valence-corrected chi connectivity index (χ0v) is 7.70. The van der Waals surface area contributed by atoms with E-state index in [1.54, 1.807) is 6.92 Å². The predicted molar refractivity (Wildman–Crippen MR) is 41.7 cm³/mol. The molecule has 0 aromatic carbocycles. The maximum Gasteiger partial charge on any atom is 0.434 e. The van der Waals surface area contributed by atoms with Crippen molar-refractivity contribution in [1.82, 2.24) is 4.98 Å². The average Bonchev–Trinajstić information content (AvgIpc) is 1.92. The first kappa shape index (κ1) is 9.51. The summed E-state index contributed by atoms with van der Waals surface area (Å²) in [6, 6.07) is 1.51. The standard InChI is InChI=1S/C7H5BrF3N/c1-4-2-3-12-6(5(4)8)7(9,10)11/h2-3H,1H3. The second-order valence-electron chi connectivity index (χ2n) is 2.29. The Morgan fingerprint density at radius 1 is 1.42 bits per heavy atom. The molecule has 0 fully saturated rings. The van der Waals surface area contributed by atoms with Crippen LogP contribution in [0.15, 0.2) is 16.7 Å². The highest BCUT2D eigenvalue weighted by Crippen LogP contribution is 2.34. The van der Waals surface area contributed by atoms with Crippen LogP contribution in [-0.2, 0) is 6.18 Å². The van der Waals surface area contributed by atoms with Crippen molar-refractivity contribution in [3.63, 3.8) is 0 Å². The van der Waals surface area contributed by atoms with Crippen LogP contribution >= 0.6 is 15.9 Å². The highest BCUT2D eigenvalue weighted by molar-refractivity contribution is 9.10. The Kier molecular flexibility index (Phi) is 2.41. The van der Waals surface area contributed by atoms with Crippen LogP contribution in [-0.4, -0.2) is 4.98 Å². The van der Waals surface area contributed by atoms with Crippen molar-refractivity contribution in [1.29, 1.82) is 0 Å². The molecular formula is C7H5BrF3N. The molecule has 66 valence electrons. The predicted octanol–water partition coefficient (Wildman–Crippen LogP) is 3.17. The lowest BCUT2D eigenvalue weighted by atomic mass is 10.2. The first-order chi connectivity index (χ1) is 5.43. The van der Waals surface area contributed by atoms with Crippen LogP contribution in [0.3, 0.4) is 0 Å². The SMILES string of the molecule is Cc1ccnc(C(F)(F)F)c1Br. The molecule has 1 rings (SSSR count). The van der Waals surface area contributed by atoms with E-state index in [1.165, 1.54) is 6.07 Å². The van der Waals surface area contributed by atoms with Crippen LogP contribution in [0.5, 0.6) is 0 Å². The van der Waals surface area contributed by atoms with Gasteiger partial charge in [-0.25, -0.2) is 0 Å². The first-order valence-electron chi connectivity index (χ1n) is 3.11. The summed E-state index contributed by atoms with van der Waals surface area (Å²) in [7, 11) is 0. The quantitative estimate of drug-likeness (QED) is 0.678. The third kappa shape index (κ3) is 1.77. The monoisotopic (exact) mass is 239 g/mol. The summed E-state index contributed by atoms with van der Waals surface area (Å²) in [5.74, 6) is 0. The minimum Gasteiger partial charge on any atom is -0.251 e. The van der Waals surface area contributed by atoms with Crippen molar-refractivity contribution in [2.24, 2.45) is 0 Å². The normalized spacial score (nSPS) is 11.8. The molecule has 0 spiro atoms. The van der Waals surface area contributed by atoms with Gasteiger partial charge in [0.2, 0.25) is 0 Å². The van der Waals surface area contributed by atoms with Crippen LogP contribution in [0, 0.1) is 6.92 Å². The number of hydrogen-bond donors (Lipinski definition) is 0. The van der Waals surface area contributed by atoms with Crippen molar-refractivity contribution >= 4 is 15.9 Å². The highest BCUT2D eigenvalue weighted by Gasteiger charge is 2.35. The lowest BCUT2D eigenvalue weighted by Gasteiger charge is -2.08. The summed E-state index contributed by atoms with van der Waals surface area (Å²) in [4.78, 5) is 3.24. The number of nitrogens with zero attached hydrogens (tertiary/aromatic N) is 1. The van der Waals surface area contributed by atoms with E-state index >= 15 is 0 Å². The van der Waals surface area contributed by atoms with Crippen LogP contribution in [0.4, 0.5) is 13.2 Å². The van der Waals surface area contributed by atoms with Gasteiger partial charge < -0.3 is 0 Å². The summed E-state index contributed by atoms with van der Waals surface area (Å²) >= 11 is 2.83. The zero-order chi connectivity index (χ0) is 9.35. The molecule has 1 aromatic heterocycles. The molecule has 0 saturated carbocycles. The number of aromatic nitrogens is 1. The van der Waals surface area contributed by atoms with E-state index in [4.69, 9.17) is 0 Å². The Hall–Kier alpha value is -0.580. The molecule has 12 heavy (non-hydrogen) atoms. The van der Waals surface area contributed by atoms with Gasteiger partial charge in [-0.1, -0.05) is 0 Å². The molecule has 0 N–H and O–H groups in total. The van der Waals surface area contributed by atoms with Gasteiger partial charge in [-0.3, -0.25) is 4.98 Å². The molecular weight excluding hydrogens is 235 g/mol. The third-order valence-corrected chi connectivity index (χ3v) is 2.35. The molecule has 0 aliphatic heterocycles. The van der Waals surface area contributed by atoms with Crippen molar-refractivity contribution in [3.8, 4) is 0 Å². The minimum atomic E-state index is -4.38. The van der Waals surface area contributed by atoms with Gasteiger partial charge in [-0.05, 0) is 34.5 Å². The molecule has 0 atom stereocenters. The van der Waals surface area contributed by atoms with Crippen molar-refractivity contribution < 1.29 is 13.2 Å². The first-order valence-corrected chi connectivity index (χ1v) is 3.90. The Balaban J connectivity index is 3.26. The molecule has 1 aromatic rings. The lowest BCUT2D eigenvalue weighted by molar-refractivity contribution is -0.141. The Morgan fingerprint density at radius 3 is 2.42 bits per heavy atom. The summed E-state index contributed by atoms with van der Waals surface area (Å²) in [6.07, 6.45) is -3.24. The van der Waals surface area contributed by atoms with Crippen LogP contribution < -0.4 is 0 Å². The largest absolute Gasteiger partial charge is 0.434 e. The fourth-order valence-corrected chi connectivity index (χ4v) is 1.20. The van der Waals surface area contributed by atoms with E-state index in [-0.39, 0.29) is 4.47 Å². The molecule has 0 bridgehead atoms. The van der Waals surface area contributed by atoms with Gasteiger partial charge >= 0.3 is 6.18 Å². The van der Waals surface area contributed by atoms with Gasteiger partial charge in [0, 0.05) is 6.20 Å². The average molecular weight is 240 g/mol. The number of hydrogen-bond acceptors (Lipinski definition) is 1. The van der Waals surface area contributed by atoms with E-state index in [2.05, 4.69) is 20.9 Å². The molecule has 1 heterocycles. The minimum absolute atomic E-state index is 0.0116. The Bertz CT molecular complexity index is 295. The van der Waals surface area contributed by atoms with Crippen LogP contribution in [0.1, 0.15) is 11.3 Å². The fraction of sp³-hybridized carbons (Fsp3) is 0.286. The lowest BCUT2D eigenvalue weighted by Crippen LogP contribution is -2.09. The Labute approximate surface area is 75.7 Å². The number of alkyl halides is 3. The van der Waals surface area contributed by atoms with E-state index in [1.807, 2.05) is 0 Å². The smallest absolute Gasteiger partial charge is 0.251 e. The second kappa shape index (κ2) is 3.05. The number of aryl methyl sites for hydroxylation is 1. The number of rotatable bonds is 0. The summed E-state index contributed by atoms with van der Waals surface area (Å²) < 4.78 is 36.4. The van der Waals surface area contributed by atoms with Crippen molar-refractivity contribution in [2.75, 3.05) is 0 Å². The van der Waals surface area contributed by atoms with Gasteiger partial charge in [0.05, 0.1) is 4.47 Å². The molecule has 0 unspecified atom stereocenters. The Morgan fingerprint density at radius 2 is 2.00 bits per heavy atom. The maximum atomic E-state index is 12.1. The van der Waals surface area contributed by atoms with Gasteiger partial charge in [0.15, 0.2) is 5.69 Å². The zero-order valence-electron chi connectivity index (χ0n) is 6.11. The van der Waals surface area contributed by atoms with Gasteiger partial charge in [0.25, 0.3) is 0 Å². The molecule has 0 saturated heterocycles. The topological polar surface area (TPSA) is 12.9 Å². The molecule has 0 radical (unpaired) electrons. The molecule has 0 aliphatic carbocycles. The van der Waals surface area contributed by atoms with Gasteiger partial charge in [0.1, 0.15) is 0 Å². The molecule has 5 heteroatoms. The second-order valence-corrected chi connectivity index (χ2v) is 3.08. The number of pyridine rings is 1. The molecule has 0 amide bonds. The summed E-state index contributed by atoms with van der Waals surface area (Å²) in [5, 5.41) is 0. The maximum absolute atomic E-state index is 12.1. The molecule has 0 aliphatic rings. The van der Waals surface area contributed by atoms with Gasteiger partial charge in [-0.2, -0.15) is 13.2 Å². The van der Waals surface area contributed by atoms with Crippen LogP contribution in [0.25, 0.3) is 0 Å². The number of halogens is 4. The van der Waals surface area contributed by atoms with Gasteiger partial charge in [-0.15, -0.1) is 0 Å². The summed E-state index contributed by atoms with van der Waals surface area (Å²) in [5.41, 5.74) is -0.347. The van der Waals surface area contributed by atoms with Crippen LogP contribution in [0.2, 0.25) is 0 Å². The molecule has 1 nitrogen and oxygen atoms in total. The van der Waals surface area contributed by atoms with E-state index in [9.17, 15) is 13.2 Å². The highest BCUT2D eigenvalue weighted by atomic mass is 79.9. The van der Waals surface area contributed by atoms with E-state index in [0.717, 1.165) is 6.20 Å². The third-order valence-electron chi connectivity index (χ3n) is 1.35. The fourth-order valence-electron chi connectivity index (χ4n) is 0.738. The van der Waals surface area contributed by atoms with E-state index < -0.39 is 11.9 Å². The van der Waals surface area contributed by atoms with E-state index in [0.29, 0.717) is 5.56 Å². The van der Waals surface area contributed by atoms with Crippen molar-refractivity contribution in [2.45, 2.75) is 13.1 Å². The van der Waals surface area contributed by atoms with Crippen molar-refractivity contribution in [3.05, 3.63) is 28.0 Å².